The van der Waals surface area contributed by atoms with Crippen molar-refractivity contribution in [3.05, 3.63) is 46.6 Å². The minimum Gasteiger partial charge on any atom is -0.507 e. The summed E-state index contributed by atoms with van der Waals surface area (Å²) in [4.78, 5) is 36.9. The summed E-state index contributed by atoms with van der Waals surface area (Å²) in [5, 5.41) is 19.7. The van der Waals surface area contributed by atoms with E-state index in [1.54, 1.807) is 0 Å². The molecule has 0 radical (unpaired) electrons. The fourth-order valence-electron chi connectivity index (χ4n) is 2.81. The third kappa shape index (κ3) is 4.57. The second-order valence-corrected chi connectivity index (χ2v) is 7.20. The normalized spacial score (nSPS) is 15.5. The second-order valence-electron chi connectivity index (χ2n) is 7.20. The molecule has 0 spiro atoms. The van der Waals surface area contributed by atoms with Crippen molar-refractivity contribution in [1.29, 1.82) is 0 Å². The summed E-state index contributed by atoms with van der Waals surface area (Å²) in [6.07, 6.45) is -8.05. The average Bonchev–Trinajstić information content (AvgIpc) is 2.68. The zero-order valence-electron chi connectivity index (χ0n) is 16.8. The standard InChI is InChI=1S/C20H15F7O6/c1-8(2)3-6-13(33-17(32)18(21,22)19(23,24)20(25,26)27)9-7-12(30)14-10(28)4-5-11(29)15(14)16(9)31/h3-5,7,13,28-29H,6H2,1-2H3. The number of phenols is 2. The summed E-state index contributed by atoms with van der Waals surface area (Å²) < 4.78 is 95.3. The summed E-state index contributed by atoms with van der Waals surface area (Å²) in [7, 11) is 0. The molecule has 6 nitrogen and oxygen atoms in total. The van der Waals surface area contributed by atoms with Crippen LogP contribution in [0, 0.1) is 0 Å². The summed E-state index contributed by atoms with van der Waals surface area (Å²) in [6.45, 7) is 2.93. The van der Waals surface area contributed by atoms with Crippen molar-refractivity contribution in [1.82, 2.24) is 0 Å². The van der Waals surface area contributed by atoms with Gasteiger partial charge in [0.2, 0.25) is 0 Å². The first-order valence-corrected chi connectivity index (χ1v) is 8.95. The lowest BCUT2D eigenvalue weighted by molar-refractivity contribution is -0.348. The fraction of sp³-hybridized carbons (Fsp3) is 0.350. The van der Waals surface area contributed by atoms with E-state index in [0.717, 1.165) is 12.1 Å². The predicted molar refractivity (Wildman–Crippen MR) is 96.4 cm³/mol. The van der Waals surface area contributed by atoms with Gasteiger partial charge in [-0.1, -0.05) is 11.6 Å². The maximum Gasteiger partial charge on any atom is 0.460 e. The summed E-state index contributed by atoms with van der Waals surface area (Å²) >= 11 is 0. The monoisotopic (exact) mass is 484 g/mol. The Balaban J connectivity index is 2.53. The number of halogens is 7. The van der Waals surface area contributed by atoms with Crippen LogP contribution in [-0.4, -0.2) is 51.9 Å². The van der Waals surface area contributed by atoms with Gasteiger partial charge in [-0.15, -0.1) is 0 Å². The van der Waals surface area contributed by atoms with Gasteiger partial charge in [0, 0.05) is 12.0 Å². The van der Waals surface area contributed by atoms with Gasteiger partial charge < -0.3 is 14.9 Å². The van der Waals surface area contributed by atoms with E-state index in [1.165, 1.54) is 19.9 Å². The number of rotatable bonds is 6. The minimum atomic E-state index is -6.80. The predicted octanol–water partition coefficient (Wildman–Crippen LogP) is 4.50. The zero-order chi connectivity index (χ0) is 25.5. The Morgan fingerprint density at radius 1 is 1.00 bits per heavy atom. The maximum absolute atomic E-state index is 13.7. The Kier molecular flexibility index (Phi) is 6.68. The van der Waals surface area contributed by atoms with Gasteiger partial charge in [-0.05, 0) is 32.1 Å². The molecule has 33 heavy (non-hydrogen) atoms. The van der Waals surface area contributed by atoms with Crippen molar-refractivity contribution >= 4 is 17.5 Å². The van der Waals surface area contributed by atoms with Gasteiger partial charge in [-0.3, -0.25) is 9.59 Å². The van der Waals surface area contributed by atoms with E-state index in [1.807, 2.05) is 0 Å². The van der Waals surface area contributed by atoms with Crippen molar-refractivity contribution in [2.75, 3.05) is 0 Å². The van der Waals surface area contributed by atoms with Gasteiger partial charge in [-0.2, -0.15) is 30.7 Å². The Morgan fingerprint density at radius 3 is 2.00 bits per heavy atom. The molecule has 1 atom stereocenters. The van der Waals surface area contributed by atoms with Gasteiger partial charge in [0.15, 0.2) is 11.6 Å². The molecule has 180 valence electrons. The van der Waals surface area contributed by atoms with Gasteiger partial charge in [0.1, 0.15) is 17.6 Å². The lowest BCUT2D eigenvalue weighted by Gasteiger charge is -2.29. The number of allylic oxidation sites excluding steroid dienone is 2. The lowest BCUT2D eigenvalue weighted by Crippen LogP contribution is -2.57. The highest BCUT2D eigenvalue weighted by Crippen LogP contribution is 2.47. The highest BCUT2D eigenvalue weighted by molar-refractivity contribution is 6.27. The van der Waals surface area contributed by atoms with Crippen LogP contribution >= 0.6 is 0 Å². The molecule has 0 saturated carbocycles. The van der Waals surface area contributed by atoms with Crippen LogP contribution in [0.25, 0.3) is 0 Å². The molecular weight excluding hydrogens is 469 g/mol. The molecule has 1 aromatic rings. The van der Waals surface area contributed by atoms with Crippen molar-refractivity contribution in [2.45, 2.75) is 44.4 Å². The van der Waals surface area contributed by atoms with E-state index in [-0.39, 0.29) is 0 Å². The highest BCUT2D eigenvalue weighted by atomic mass is 19.4. The molecule has 1 unspecified atom stereocenters. The number of hydrogen-bond acceptors (Lipinski definition) is 6. The fourth-order valence-corrected chi connectivity index (χ4v) is 2.81. The molecule has 2 rings (SSSR count). The van der Waals surface area contributed by atoms with Crippen LogP contribution in [0.4, 0.5) is 30.7 Å². The van der Waals surface area contributed by atoms with Gasteiger partial charge in [0.25, 0.3) is 0 Å². The molecule has 0 aliphatic heterocycles. The van der Waals surface area contributed by atoms with Crippen molar-refractivity contribution in [3.8, 4) is 11.5 Å². The average molecular weight is 484 g/mol. The summed E-state index contributed by atoms with van der Waals surface area (Å²) in [6, 6.07) is 1.69. The number of benzene rings is 1. The Labute approximate surface area is 181 Å². The lowest BCUT2D eigenvalue weighted by atomic mass is 9.85. The molecule has 0 amide bonds. The van der Waals surface area contributed by atoms with Crippen LogP contribution in [0.1, 0.15) is 41.0 Å². The van der Waals surface area contributed by atoms with E-state index in [2.05, 4.69) is 4.74 Å². The molecule has 0 fully saturated rings. The van der Waals surface area contributed by atoms with Gasteiger partial charge >= 0.3 is 24.0 Å². The largest absolute Gasteiger partial charge is 0.507 e. The number of carbonyl (C=O) groups is 3. The Bertz CT molecular complexity index is 1070. The zero-order valence-corrected chi connectivity index (χ0v) is 16.8. The van der Waals surface area contributed by atoms with Crippen molar-refractivity contribution < 1.29 is 60.1 Å². The quantitative estimate of drug-likeness (QED) is 0.267. The Morgan fingerprint density at radius 2 is 1.52 bits per heavy atom. The molecule has 1 aliphatic rings. The number of carbonyl (C=O) groups excluding carboxylic acids is 3. The molecule has 0 aromatic heterocycles. The van der Waals surface area contributed by atoms with E-state index in [0.29, 0.717) is 11.6 Å². The number of hydrogen-bond donors (Lipinski definition) is 2. The summed E-state index contributed by atoms with van der Waals surface area (Å²) in [5.41, 5.74) is -1.89. The number of esters is 1. The maximum atomic E-state index is 13.7. The number of aromatic hydroxyl groups is 2. The molecule has 0 heterocycles. The highest BCUT2D eigenvalue weighted by Gasteiger charge is 2.77. The van der Waals surface area contributed by atoms with E-state index < -0.39 is 76.3 Å². The SMILES string of the molecule is CC(C)=CCC(OC(=O)C(F)(F)C(F)(F)C(F)(F)F)C1=CC(=O)c2c(O)ccc(O)c2C1=O. The number of fused-ring (bicyclic) bond motifs is 1. The number of ketones is 2. The first-order valence-electron chi connectivity index (χ1n) is 8.95. The van der Waals surface area contributed by atoms with E-state index >= 15 is 0 Å². The number of ether oxygens (including phenoxy) is 1. The van der Waals surface area contributed by atoms with Crippen molar-refractivity contribution in [3.63, 3.8) is 0 Å². The smallest absolute Gasteiger partial charge is 0.460 e. The van der Waals surface area contributed by atoms with E-state index in [4.69, 9.17) is 0 Å². The third-order valence-corrected chi connectivity index (χ3v) is 4.53. The topological polar surface area (TPSA) is 101 Å². The minimum absolute atomic E-state index is 0.444. The molecule has 0 saturated heterocycles. The third-order valence-electron chi connectivity index (χ3n) is 4.53. The second kappa shape index (κ2) is 8.52. The first kappa shape index (κ1) is 25.9. The van der Waals surface area contributed by atoms with Crippen LogP contribution in [-0.2, 0) is 9.53 Å². The first-order chi connectivity index (χ1) is 14.9. The van der Waals surface area contributed by atoms with Crippen LogP contribution in [0.5, 0.6) is 11.5 Å². The van der Waals surface area contributed by atoms with Gasteiger partial charge in [0.05, 0.1) is 11.1 Å². The van der Waals surface area contributed by atoms with Gasteiger partial charge in [-0.25, -0.2) is 4.79 Å². The van der Waals surface area contributed by atoms with Crippen molar-refractivity contribution in [2.24, 2.45) is 0 Å². The van der Waals surface area contributed by atoms with Crippen LogP contribution in [0.15, 0.2) is 35.4 Å². The molecule has 13 heteroatoms. The number of phenolic OH excluding ortho intramolecular Hbond substituents is 2. The molecular formula is C20H15F7O6. The Hall–Kier alpha value is -3.38. The molecule has 0 bridgehead atoms. The van der Waals surface area contributed by atoms with Crippen LogP contribution in [0.2, 0.25) is 0 Å². The van der Waals surface area contributed by atoms with Crippen LogP contribution in [0.3, 0.4) is 0 Å². The number of Topliss-reactive ketones (excluding diaryl/α,β-unsaturated/α-hetero) is 1. The molecule has 2 N–H and O–H groups in total. The summed E-state index contributed by atoms with van der Waals surface area (Å²) in [5.74, 6) is -20.4. The number of alkyl halides is 7. The van der Waals surface area contributed by atoms with E-state index in [9.17, 15) is 55.3 Å². The van der Waals surface area contributed by atoms with Crippen LogP contribution < -0.4 is 0 Å². The molecule has 1 aromatic carbocycles. The molecule has 1 aliphatic carbocycles.